The van der Waals surface area contributed by atoms with Crippen molar-refractivity contribution in [1.29, 1.82) is 0 Å². The molecule has 1 atom stereocenters. The number of rotatable bonds is 30. The maximum absolute atomic E-state index is 13.6. The lowest BCUT2D eigenvalue weighted by molar-refractivity contribution is -0.149. The van der Waals surface area contributed by atoms with E-state index in [-0.39, 0.29) is 103 Å². The van der Waals surface area contributed by atoms with E-state index >= 15 is 0 Å². The highest BCUT2D eigenvalue weighted by molar-refractivity contribution is 5.76. The molecule has 0 aromatic heterocycles. The number of ether oxygens (including phenoxy) is 5. The van der Waals surface area contributed by atoms with Crippen molar-refractivity contribution in [3.05, 3.63) is 35.4 Å². The van der Waals surface area contributed by atoms with Gasteiger partial charge in [0.25, 0.3) is 0 Å². The van der Waals surface area contributed by atoms with Gasteiger partial charge in [-0.25, -0.2) is 0 Å². The highest BCUT2D eigenvalue weighted by Gasteiger charge is 2.29. The van der Waals surface area contributed by atoms with Crippen molar-refractivity contribution in [2.24, 2.45) is 34.5 Å². The molecule has 1 saturated heterocycles. The fourth-order valence-corrected chi connectivity index (χ4v) is 7.51. The van der Waals surface area contributed by atoms with Crippen LogP contribution in [-0.2, 0) is 60.5 Å². The van der Waals surface area contributed by atoms with E-state index in [9.17, 15) is 24.0 Å². The molecule has 0 unspecified atom stereocenters. The molecule has 1 amide bonds. The minimum Gasteiger partial charge on any atom is -0.464 e. The summed E-state index contributed by atoms with van der Waals surface area (Å²) in [6, 6.07) is 7.95. The van der Waals surface area contributed by atoms with Crippen molar-refractivity contribution < 1.29 is 47.7 Å². The maximum atomic E-state index is 13.6. The number of carbonyl (C=O) groups excluding carboxylic acids is 5. The van der Waals surface area contributed by atoms with Crippen molar-refractivity contribution in [2.75, 3.05) is 131 Å². The first kappa shape index (κ1) is 62.4. The number of benzene rings is 1. The molecule has 1 heterocycles. The van der Waals surface area contributed by atoms with Crippen molar-refractivity contribution in [1.82, 2.24) is 30.2 Å². The van der Waals surface area contributed by atoms with Gasteiger partial charge in [-0.1, -0.05) is 114 Å². The average Bonchev–Trinajstić information content (AvgIpc) is 3.28. The Morgan fingerprint density at radius 2 is 0.971 bits per heavy atom. The summed E-state index contributed by atoms with van der Waals surface area (Å²) in [4.78, 5) is 74.6. The number of hydrogen-bond acceptors (Lipinski definition) is 15. The van der Waals surface area contributed by atoms with Crippen molar-refractivity contribution in [3.8, 4) is 0 Å². The zero-order chi connectivity index (χ0) is 52.3. The Balaban J connectivity index is 2.41. The normalized spacial score (nSPS) is 16.6. The van der Waals surface area contributed by atoms with E-state index in [1.54, 1.807) is 0 Å². The number of hydrogen-bond donors (Lipinski definition) is 2. The second kappa shape index (κ2) is 33.1. The Morgan fingerprint density at radius 1 is 0.571 bits per heavy atom. The summed E-state index contributed by atoms with van der Waals surface area (Å²) >= 11 is 0. The molecule has 16 heteroatoms. The molecule has 0 bridgehead atoms. The molecule has 1 aromatic carbocycles. The molecule has 0 spiro atoms. The Kier molecular flexibility index (Phi) is 29.6. The Labute approximate surface area is 422 Å². The minimum atomic E-state index is -0.351. The van der Waals surface area contributed by atoms with Crippen LogP contribution in [0.5, 0.6) is 0 Å². The first-order valence-corrected chi connectivity index (χ1v) is 26.1. The molecule has 2 rings (SSSR count). The molecule has 1 aromatic rings. The van der Waals surface area contributed by atoms with Gasteiger partial charge < -0.3 is 34.3 Å². The van der Waals surface area contributed by atoms with Crippen LogP contribution in [0.15, 0.2) is 24.3 Å². The van der Waals surface area contributed by atoms with E-state index < -0.39 is 0 Å². The van der Waals surface area contributed by atoms with E-state index in [4.69, 9.17) is 23.7 Å². The smallest absolute Gasteiger partial charge is 0.320 e. The summed E-state index contributed by atoms with van der Waals surface area (Å²) in [5.41, 5.74) is 1.84. The Bertz CT molecular complexity index is 1670. The number of amides is 1. The molecule has 0 radical (unpaired) electrons. The van der Waals surface area contributed by atoms with E-state index in [1.165, 1.54) is 0 Å². The van der Waals surface area contributed by atoms with E-state index in [1.807, 2.05) is 77.3 Å². The predicted molar refractivity (Wildman–Crippen MR) is 276 cm³/mol. The number of nitrogens with zero attached hydrogens (tertiary/aromatic N) is 4. The highest BCUT2D eigenvalue weighted by atomic mass is 16.5. The van der Waals surface area contributed by atoms with E-state index in [0.29, 0.717) is 105 Å². The van der Waals surface area contributed by atoms with Gasteiger partial charge in [0.15, 0.2) is 0 Å². The van der Waals surface area contributed by atoms with Gasteiger partial charge in [-0.05, 0) is 54.2 Å². The third kappa shape index (κ3) is 29.6. The second-order valence-electron chi connectivity index (χ2n) is 22.6. The predicted octanol–water partition coefficient (Wildman–Crippen LogP) is 5.34. The third-order valence-corrected chi connectivity index (χ3v) is 11.6. The molecule has 1 fully saturated rings. The number of esters is 4. The molecule has 16 nitrogen and oxygen atoms in total. The summed E-state index contributed by atoms with van der Waals surface area (Å²) in [5.74, 6) is -0.696. The Morgan fingerprint density at radius 3 is 1.43 bits per heavy atom. The lowest BCUT2D eigenvalue weighted by Crippen LogP contribution is -2.53. The van der Waals surface area contributed by atoms with Crippen molar-refractivity contribution in [3.63, 3.8) is 0 Å². The third-order valence-electron chi connectivity index (χ3n) is 11.6. The monoisotopic (exact) mass is 989 g/mol. The fourth-order valence-electron chi connectivity index (χ4n) is 7.51. The average molecular weight is 989 g/mol. The summed E-state index contributed by atoms with van der Waals surface area (Å²) in [6.07, 6.45) is 1.44. The molecule has 1 aliphatic heterocycles. The number of carbonyl (C=O) groups is 5. The van der Waals surface area contributed by atoms with Crippen LogP contribution in [0.1, 0.15) is 108 Å². The van der Waals surface area contributed by atoms with Gasteiger partial charge >= 0.3 is 23.9 Å². The standard InChI is InChI=1S/C54H96N6O10/c1-14-55-37-53(10,11)39-66-40-54(12,13)38-56-48(61)20-19-45-15-17-46(18-16-45)27-47-28-59(31-51(64)69-35-43(6)7)24-23-57(29-49(62)67-33-41(2)3)21-22-58(30-50(63)68-34-42(4)5)25-26-60(47)32-52(65)70-36-44(8)9/h15-18,41-44,47,55H,14,19-40H2,1-13H3,(H,56,61)/t47-/m0/s1. The highest BCUT2D eigenvalue weighted by Crippen LogP contribution is 2.20. The van der Waals surface area contributed by atoms with Crippen LogP contribution in [-0.4, -0.2) is 187 Å². The number of nitrogens with one attached hydrogen (secondary N) is 2. The van der Waals surface area contributed by atoms with Gasteiger partial charge in [-0.3, -0.25) is 43.6 Å². The maximum Gasteiger partial charge on any atom is 0.320 e. The summed E-state index contributed by atoms with van der Waals surface area (Å²) in [6.45, 7) is 34.4. The first-order valence-electron chi connectivity index (χ1n) is 26.1. The van der Waals surface area contributed by atoms with Crippen molar-refractivity contribution >= 4 is 29.8 Å². The largest absolute Gasteiger partial charge is 0.464 e. The summed E-state index contributed by atoms with van der Waals surface area (Å²) < 4.78 is 28.7. The molecular weight excluding hydrogens is 893 g/mol. The van der Waals surface area contributed by atoms with Crippen LogP contribution in [0.25, 0.3) is 0 Å². The second-order valence-corrected chi connectivity index (χ2v) is 22.6. The van der Waals surface area contributed by atoms with Gasteiger partial charge in [0.2, 0.25) is 5.91 Å². The van der Waals surface area contributed by atoms with Crippen LogP contribution >= 0.6 is 0 Å². The van der Waals surface area contributed by atoms with Gasteiger partial charge in [0.05, 0.1) is 65.8 Å². The van der Waals surface area contributed by atoms with Crippen molar-refractivity contribution in [2.45, 2.75) is 115 Å². The molecule has 0 saturated carbocycles. The van der Waals surface area contributed by atoms with Crippen LogP contribution in [0.2, 0.25) is 0 Å². The fraction of sp³-hybridized carbons (Fsp3) is 0.796. The van der Waals surface area contributed by atoms with Crippen LogP contribution in [0, 0.1) is 34.5 Å². The van der Waals surface area contributed by atoms with Gasteiger partial charge in [-0.2, -0.15) is 0 Å². The molecule has 402 valence electrons. The van der Waals surface area contributed by atoms with Gasteiger partial charge in [0.1, 0.15) is 0 Å². The van der Waals surface area contributed by atoms with Gasteiger partial charge in [-0.15, -0.1) is 0 Å². The molecule has 2 N–H and O–H groups in total. The van der Waals surface area contributed by atoms with Crippen LogP contribution in [0.4, 0.5) is 0 Å². The van der Waals surface area contributed by atoms with Crippen LogP contribution in [0.3, 0.4) is 0 Å². The first-order chi connectivity index (χ1) is 32.9. The lowest BCUT2D eigenvalue weighted by Gasteiger charge is -2.38. The molecular formula is C54H96N6O10. The summed E-state index contributed by atoms with van der Waals surface area (Å²) in [5, 5.41) is 6.50. The minimum absolute atomic E-state index is 0.00697. The van der Waals surface area contributed by atoms with Crippen LogP contribution < -0.4 is 10.6 Å². The van der Waals surface area contributed by atoms with Gasteiger partial charge in [0, 0.05) is 82.2 Å². The quantitative estimate of drug-likeness (QED) is 0.0748. The zero-order valence-corrected chi connectivity index (χ0v) is 45.8. The van der Waals surface area contributed by atoms with E-state index in [2.05, 4.69) is 67.2 Å². The zero-order valence-electron chi connectivity index (χ0n) is 45.8. The molecule has 0 aliphatic carbocycles. The lowest BCUT2D eigenvalue weighted by atomic mass is 9.93. The molecule has 1 aliphatic rings. The van der Waals surface area contributed by atoms with E-state index in [0.717, 1.165) is 24.2 Å². The topological polar surface area (TPSA) is 169 Å². The SMILES string of the molecule is CCNCC(C)(C)COCC(C)(C)CNC(=O)CCc1ccc(C[C@H]2CN(CC(=O)OCC(C)C)CCN(CC(=O)OCC(C)C)CCN(CC(=O)OCC(C)C)CCN2CC(=O)OCC(C)C)cc1. The Hall–Kier alpha value is -3.67. The summed E-state index contributed by atoms with van der Waals surface area (Å²) in [7, 11) is 0. The number of aryl methyl sites for hydroxylation is 1. The molecule has 70 heavy (non-hydrogen) atoms.